The van der Waals surface area contributed by atoms with Crippen molar-refractivity contribution in [2.45, 2.75) is 5.41 Å². The molecule has 0 radical (unpaired) electrons. The van der Waals surface area contributed by atoms with Crippen LogP contribution >= 0.6 is 0 Å². The zero-order chi connectivity index (χ0) is 18.9. The van der Waals surface area contributed by atoms with Gasteiger partial charge >= 0.3 is 0 Å². The highest BCUT2D eigenvalue weighted by molar-refractivity contribution is 5.88. The highest BCUT2D eigenvalue weighted by Crippen LogP contribution is 2.62. The van der Waals surface area contributed by atoms with Crippen molar-refractivity contribution in [3.8, 4) is 34.1 Å². The van der Waals surface area contributed by atoms with Gasteiger partial charge in [0.2, 0.25) is 0 Å². The number of phenols is 2. The summed E-state index contributed by atoms with van der Waals surface area (Å²) in [5.41, 5.74) is 6.16. The Bertz CT molecular complexity index is 1170. The summed E-state index contributed by atoms with van der Waals surface area (Å²) in [7, 11) is 0. The van der Waals surface area contributed by atoms with E-state index in [0.717, 1.165) is 11.1 Å². The molecule has 0 bridgehead atoms. The lowest BCUT2D eigenvalue weighted by atomic mass is 9.66. The van der Waals surface area contributed by atoms with Gasteiger partial charge in [-0.25, -0.2) is 0 Å². The second kappa shape index (κ2) is 5.17. The van der Waals surface area contributed by atoms with Crippen LogP contribution in [0.2, 0.25) is 0 Å². The van der Waals surface area contributed by atoms with Crippen LogP contribution in [0.4, 0.5) is 0 Å². The molecule has 4 aromatic carbocycles. The minimum absolute atomic E-state index is 0.150. The van der Waals surface area contributed by atoms with Crippen molar-refractivity contribution in [3.05, 3.63) is 107 Å². The third-order valence-corrected chi connectivity index (χ3v) is 5.91. The molecule has 0 atom stereocenters. The maximum absolute atomic E-state index is 10.1. The van der Waals surface area contributed by atoms with Gasteiger partial charge in [0.25, 0.3) is 0 Å². The highest BCUT2D eigenvalue weighted by Gasteiger charge is 2.50. The predicted molar refractivity (Wildman–Crippen MR) is 107 cm³/mol. The first-order valence-electron chi connectivity index (χ1n) is 9.24. The van der Waals surface area contributed by atoms with Gasteiger partial charge in [-0.15, -0.1) is 0 Å². The summed E-state index contributed by atoms with van der Waals surface area (Å²) in [6.07, 6.45) is 0. The number of rotatable bonds is 0. The largest absolute Gasteiger partial charge is 0.508 e. The lowest BCUT2D eigenvalue weighted by Gasteiger charge is -2.39. The molecular formula is C25H16O3. The zero-order valence-corrected chi connectivity index (χ0v) is 14.9. The molecular weight excluding hydrogens is 348 g/mol. The van der Waals surface area contributed by atoms with E-state index in [1.807, 2.05) is 12.1 Å². The minimum Gasteiger partial charge on any atom is -0.508 e. The van der Waals surface area contributed by atoms with Crippen LogP contribution in [0.25, 0.3) is 11.1 Å². The number of hydrogen-bond acceptors (Lipinski definition) is 3. The minimum atomic E-state index is -0.558. The van der Waals surface area contributed by atoms with Crippen LogP contribution in [0.5, 0.6) is 23.0 Å². The SMILES string of the molecule is Oc1ccc2c(c1)Oc1cc(O)ccc1C21c2ccccc2-c2ccccc21. The van der Waals surface area contributed by atoms with Gasteiger partial charge in [0.1, 0.15) is 23.0 Å². The lowest BCUT2D eigenvalue weighted by Crippen LogP contribution is -2.32. The first-order chi connectivity index (χ1) is 13.7. The van der Waals surface area contributed by atoms with Crippen LogP contribution < -0.4 is 4.74 Å². The van der Waals surface area contributed by atoms with E-state index in [0.29, 0.717) is 11.5 Å². The normalized spacial score (nSPS) is 14.6. The third-order valence-electron chi connectivity index (χ3n) is 5.91. The van der Waals surface area contributed by atoms with Crippen molar-refractivity contribution in [2.24, 2.45) is 0 Å². The monoisotopic (exact) mass is 364 g/mol. The van der Waals surface area contributed by atoms with Gasteiger partial charge in [-0.05, 0) is 34.4 Å². The summed E-state index contributed by atoms with van der Waals surface area (Å²) in [5.74, 6) is 1.50. The van der Waals surface area contributed by atoms with Gasteiger partial charge in [0, 0.05) is 23.3 Å². The Morgan fingerprint density at radius 2 is 1.00 bits per heavy atom. The summed E-state index contributed by atoms with van der Waals surface area (Å²) in [6, 6.07) is 27.5. The maximum atomic E-state index is 10.1. The van der Waals surface area contributed by atoms with Crippen LogP contribution in [-0.4, -0.2) is 10.2 Å². The quantitative estimate of drug-likeness (QED) is 0.371. The molecule has 2 N–H and O–H groups in total. The van der Waals surface area contributed by atoms with Gasteiger partial charge in [0.15, 0.2) is 0 Å². The summed E-state index contributed by atoms with van der Waals surface area (Å²) in [6.45, 7) is 0. The summed E-state index contributed by atoms with van der Waals surface area (Å²) in [4.78, 5) is 0. The number of fused-ring (bicyclic) bond motifs is 9. The van der Waals surface area contributed by atoms with Crippen LogP contribution in [0.1, 0.15) is 22.3 Å². The Morgan fingerprint density at radius 3 is 1.50 bits per heavy atom. The van der Waals surface area contributed by atoms with E-state index < -0.39 is 5.41 Å². The van der Waals surface area contributed by atoms with E-state index in [1.165, 1.54) is 22.3 Å². The highest BCUT2D eigenvalue weighted by atomic mass is 16.5. The molecule has 0 aromatic heterocycles. The predicted octanol–water partition coefficient (Wildman–Crippen LogP) is 5.57. The number of hydrogen-bond donors (Lipinski definition) is 2. The Labute approximate surface area is 162 Å². The molecule has 3 heteroatoms. The van der Waals surface area contributed by atoms with E-state index in [1.54, 1.807) is 24.3 Å². The van der Waals surface area contributed by atoms with Crippen molar-refractivity contribution in [3.63, 3.8) is 0 Å². The molecule has 2 aliphatic rings. The second-order valence-electron chi connectivity index (χ2n) is 7.30. The fraction of sp³-hybridized carbons (Fsp3) is 0.0400. The Hall–Kier alpha value is -3.72. The standard InChI is InChI=1S/C25H16O3/c26-15-9-11-21-23(13-15)28-24-14-16(27)10-12-22(24)25(21)19-7-3-1-5-17(19)18-6-2-4-8-20(18)25/h1-14,26-27H. The molecule has 1 aliphatic heterocycles. The summed E-state index contributed by atoms with van der Waals surface area (Å²) >= 11 is 0. The molecule has 3 nitrogen and oxygen atoms in total. The summed E-state index contributed by atoms with van der Waals surface area (Å²) in [5, 5.41) is 20.2. The molecule has 0 fully saturated rings. The molecule has 0 unspecified atom stereocenters. The smallest absolute Gasteiger partial charge is 0.135 e. The van der Waals surface area contributed by atoms with Crippen molar-refractivity contribution in [2.75, 3.05) is 0 Å². The number of ether oxygens (including phenoxy) is 1. The zero-order valence-electron chi connectivity index (χ0n) is 14.9. The molecule has 4 aromatic rings. The third kappa shape index (κ3) is 1.73. The summed E-state index contributed by atoms with van der Waals surface area (Å²) < 4.78 is 6.14. The molecule has 28 heavy (non-hydrogen) atoms. The molecule has 0 amide bonds. The molecule has 1 aliphatic carbocycles. The van der Waals surface area contributed by atoms with Gasteiger partial charge in [-0.1, -0.05) is 60.7 Å². The van der Waals surface area contributed by atoms with E-state index in [-0.39, 0.29) is 11.5 Å². The van der Waals surface area contributed by atoms with Gasteiger partial charge in [0.05, 0.1) is 5.41 Å². The van der Waals surface area contributed by atoms with E-state index in [4.69, 9.17) is 4.74 Å². The average Bonchev–Trinajstić information content (AvgIpc) is 2.99. The van der Waals surface area contributed by atoms with Crippen LogP contribution in [-0.2, 0) is 5.41 Å². The topological polar surface area (TPSA) is 49.7 Å². The van der Waals surface area contributed by atoms with E-state index in [2.05, 4.69) is 48.5 Å². The van der Waals surface area contributed by atoms with Gasteiger partial charge in [-0.2, -0.15) is 0 Å². The van der Waals surface area contributed by atoms with Crippen LogP contribution in [0, 0.1) is 0 Å². The van der Waals surface area contributed by atoms with Crippen LogP contribution in [0.3, 0.4) is 0 Å². The van der Waals surface area contributed by atoms with Crippen molar-refractivity contribution < 1.29 is 14.9 Å². The van der Waals surface area contributed by atoms with E-state index in [9.17, 15) is 10.2 Å². The first-order valence-corrected chi connectivity index (χ1v) is 9.24. The molecule has 0 saturated heterocycles. The number of aromatic hydroxyl groups is 2. The second-order valence-corrected chi connectivity index (χ2v) is 7.30. The number of phenolic OH excluding ortho intramolecular Hbond substituents is 2. The Kier molecular flexibility index (Phi) is 2.83. The van der Waals surface area contributed by atoms with E-state index >= 15 is 0 Å². The average molecular weight is 364 g/mol. The van der Waals surface area contributed by atoms with Gasteiger partial charge < -0.3 is 14.9 Å². The molecule has 0 saturated carbocycles. The Balaban J connectivity index is 1.84. The molecule has 1 heterocycles. The fourth-order valence-electron chi connectivity index (χ4n) is 4.89. The van der Waals surface area contributed by atoms with Gasteiger partial charge in [-0.3, -0.25) is 0 Å². The Morgan fingerprint density at radius 1 is 0.536 bits per heavy atom. The number of benzene rings is 4. The van der Waals surface area contributed by atoms with Crippen LogP contribution in [0.15, 0.2) is 84.9 Å². The first kappa shape index (κ1) is 15.3. The van der Waals surface area contributed by atoms with Crippen molar-refractivity contribution in [1.82, 2.24) is 0 Å². The molecule has 6 rings (SSSR count). The lowest BCUT2D eigenvalue weighted by molar-refractivity contribution is 0.417. The fourth-order valence-corrected chi connectivity index (χ4v) is 4.89. The van der Waals surface area contributed by atoms with Crippen molar-refractivity contribution >= 4 is 0 Å². The molecule has 134 valence electrons. The van der Waals surface area contributed by atoms with Crippen molar-refractivity contribution in [1.29, 1.82) is 0 Å². The molecule has 1 spiro atoms. The maximum Gasteiger partial charge on any atom is 0.135 e.